The monoisotopic (exact) mass is 1390 g/mol. The van der Waals surface area contributed by atoms with Crippen LogP contribution in [0.1, 0.15) is 437 Å². The molecule has 0 saturated heterocycles. The summed E-state index contributed by atoms with van der Waals surface area (Å²) in [5.74, 6) is 3.78. The lowest BCUT2D eigenvalue weighted by molar-refractivity contribution is -0.158. The van der Waals surface area contributed by atoms with E-state index >= 15 is 0 Å². The van der Waals surface area contributed by atoms with Gasteiger partial charge in [0.1, 0.15) is 11.8 Å². The van der Waals surface area contributed by atoms with Gasteiger partial charge in [-0.25, -0.2) is 0 Å². The van der Waals surface area contributed by atoms with E-state index in [4.69, 9.17) is 24.1 Å². The minimum atomic E-state index is -0.717. The van der Waals surface area contributed by atoms with Crippen LogP contribution in [0.2, 0.25) is 0 Å². The van der Waals surface area contributed by atoms with Crippen LogP contribution < -0.4 is 0 Å². The Labute approximate surface area is 612 Å². The van der Waals surface area contributed by atoms with E-state index in [9.17, 15) is 19.5 Å². The van der Waals surface area contributed by atoms with Crippen LogP contribution in [-0.4, -0.2) is 91.6 Å². The maximum absolute atomic E-state index is 13.6. The topological polar surface area (TPSA) is 132 Å². The van der Waals surface area contributed by atoms with Crippen LogP contribution in [-0.2, 0) is 33.3 Å². The van der Waals surface area contributed by atoms with E-state index in [0.29, 0.717) is 56.6 Å². The normalized spacial score (nSPS) is 13.0. The van der Waals surface area contributed by atoms with Crippen molar-refractivity contribution < 1.29 is 43.5 Å². The van der Waals surface area contributed by atoms with E-state index in [1.54, 1.807) is 6.92 Å². The van der Waals surface area contributed by atoms with E-state index in [2.05, 4.69) is 82.4 Å². The highest BCUT2D eigenvalue weighted by molar-refractivity contribution is 5.82. The number of rotatable bonds is 72. The quantitative estimate of drug-likeness (QED) is 0.0345. The number of Topliss-reactive ketones (excluding diaryl/α,β-unsaturated/α-hetero) is 1. The van der Waals surface area contributed by atoms with Gasteiger partial charge >= 0.3 is 11.9 Å². The number of carbonyl (C=O) groups excluding carboxylic acids is 3. The Kier molecular flexibility index (Phi) is 86.9. The highest BCUT2D eigenvalue weighted by atomic mass is 16.5. The summed E-state index contributed by atoms with van der Waals surface area (Å²) < 4.78 is 24.5. The van der Waals surface area contributed by atoms with Gasteiger partial charge in [-0.2, -0.15) is 0 Å². The smallest absolute Gasteiger partial charge is 0.323 e. The average Bonchev–Trinajstić information content (AvgIpc) is 0.965. The van der Waals surface area contributed by atoms with Gasteiger partial charge in [0, 0.05) is 31.9 Å². The van der Waals surface area contributed by atoms with Gasteiger partial charge in [0.25, 0.3) is 0 Å². The predicted octanol–water partition coefficient (Wildman–Crippen LogP) is 26.7. The van der Waals surface area contributed by atoms with Crippen LogP contribution in [0.15, 0.2) is 24.7 Å². The molecule has 0 fully saturated rings. The Morgan fingerprint density at radius 1 is 0.337 bits per heavy atom. The third-order valence-corrected chi connectivity index (χ3v) is 19.6. The minimum Gasteiger partial charge on any atom is -0.498 e. The second kappa shape index (κ2) is 83.5. The summed E-state index contributed by atoms with van der Waals surface area (Å²) in [7, 11) is 0. The molecule has 10 heteroatoms. The zero-order valence-corrected chi connectivity index (χ0v) is 68.4. The Bertz CT molecular complexity index is 1630. The second-order valence-electron chi connectivity index (χ2n) is 29.8. The van der Waals surface area contributed by atoms with Crippen molar-refractivity contribution >= 4 is 17.7 Å². The summed E-state index contributed by atoms with van der Waals surface area (Å²) in [5, 5.41) is 17.7. The molecule has 0 rings (SSSR count). The number of ketones is 1. The van der Waals surface area contributed by atoms with E-state index in [0.717, 1.165) is 82.5 Å². The number of allylic oxidation sites excluding steroid dienone is 2. The van der Waals surface area contributed by atoms with E-state index < -0.39 is 6.04 Å². The first-order chi connectivity index (χ1) is 47.6. The average molecular weight is 1390 g/mol. The Balaban J connectivity index is -0.000000794. The molecule has 0 aliphatic carbocycles. The number of carbonyl (C=O) groups is 3. The number of aliphatic hydroxyl groups excluding tert-OH is 2. The molecule has 6 atom stereocenters. The van der Waals surface area contributed by atoms with Crippen LogP contribution in [0.3, 0.4) is 0 Å². The molecule has 98 heavy (non-hydrogen) atoms. The molecule has 0 heterocycles. The highest BCUT2D eigenvalue weighted by Crippen LogP contribution is 2.28. The summed E-state index contributed by atoms with van der Waals surface area (Å²) >= 11 is 0. The fourth-order valence-electron chi connectivity index (χ4n) is 12.9. The molecule has 0 aromatic rings. The molecule has 0 radical (unpaired) electrons. The second-order valence-corrected chi connectivity index (χ2v) is 29.8. The van der Waals surface area contributed by atoms with E-state index in [-0.39, 0.29) is 36.7 Å². The lowest BCUT2D eigenvalue weighted by Gasteiger charge is -2.29. The van der Waals surface area contributed by atoms with Crippen molar-refractivity contribution in [1.82, 2.24) is 4.90 Å². The van der Waals surface area contributed by atoms with Gasteiger partial charge in [-0.1, -0.05) is 353 Å². The van der Waals surface area contributed by atoms with Crippen molar-refractivity contribution in [3.8, 4) is 0 Å². The van der Waals surface area contributed by atoms with Crippen molar-refractivity contribution in [2.24, 2.45) is 29.6 Å². The summed E-state index contributed by atoms with van der Waals surface area (Å²) in [4.78, 5) is 38.9. The first-order valence-electron chi connectivity index (χ1n) is 43.0. The molecule has 0 aliphatic rings. The standard InChI is InChI=1S/C41H81NO5.C39H76O2.C5H10O.C3H8O/c1-6-11-15-19-21-25-29-37(27-23-17-13-8-3)35-46-40(44)34-39(42(31-10-5)32-33-43)41(45)47-36-38(28-24-18-14-9-4)30-26-22-20-16-12-7-2;1-8-12-16-20-22-26-30-38(28-24-18-14-10-3)33-40-36(6)32-35(5)37(7)41-34-39(29-25-19-15-11-4)31-27-23-21-17-13-9-2;1-3-4-5(2)6;1-2-3-4/h37-39,43H,6-36H2,1-5H3;35,38-39H,6-34H2,1-5H3;3-4H2,1-2H3;4H,2-3H2,1H3. The molecule has 0 bridgehead atoms. The maximum atomic E-state index is 13.6. The predicted molar refractivity (Wildman–Crippen MR) is 427 cm³/mol. The number of hydrogen-bond donors (Lipinski definition) is 2. The van der Waals surface area contributed by atoms with Crippen LogP contribution in [0.5, 0.6) is 0 Å². The number of esters is 2. The van der Waals surface area contributed by atoms with Gasteiger partial charge in [0.05, 0.1) is 51.0 Å². The van der Waals surface area contributed by atoms with Crippen LogP contribution in [0, 0.1) is 29.6 Å². The molecule has 0 amide bonds. The molecule has 0 aromatic heterocycles. The number of aliphatic hydroxyl groups is 2. The number of unbranched alkanes of at least 4 members (excludes halogenated alkanes) is 32. The van der Waals surface area contributed by atoms with E-state index in [1.807, 2.05) is 18.7 Å². The third-order valence-electron chi connectivity index (χ3n) is 19.6. The first kappa shape index (κ1) is 102. The molecule has 2 N–H and O–H groups in total. The highest BCUT2D eigenvalue weighted by Gasteiger charge is 2.31. The van der Waals surface area contributed by atoms with Crippen LogP contribution in [0.25, 0.3) is 0 Å². The molecular formula is C88H175NO9. The van der Waals surface area contributed by atoms with Crippen molar-refractivity contribution in [3.05, 3.63) is 24.7 Å². The fourth-order valence-corrected chi connectivity index (χ4v) is 12.9. The Morgan fingerprint density at radius 2 is 0.622 bits per heavy atom. The lowest BCUT2D eigenvalue weighted by atomic mass is 9.94. The third kappa shape index (κ3) is 74.7. The Morgan fingerprint density at radius 3 is 0.898 bits per heavy atom. The van der Waals surface area contributed by atoms with Gasteiger partial charge < -0.3 is 34.0 Å². The van der Waals surface area contributed by atoms with Crippen LogP contribution >= 0.6 is 0 Å². The molecule has 0 aromatic carbocycles. The van der Waals surface area contributed by atoms with Gasteiger partial charge in [0.2, 0.25) is 0 Å². The maximum Gasteiger partial charge on any atom is 0.323 e. The first-order valence-corrected chi connectivity index (χ1v) is 43.0. The molecule has 6 unspecified atom stereocenters. The van der Waals surface area contributed by atoms with Gasteiger partial charge in [-0.3, -0.25) is 14.5 Å². The van der Waals surface area contributed by atoms with Crippen molar-refractivity contribution in [2.45, 2.75) is 443 Å². The summed E-state index contributed by atoms with van der Waals surface area (Å²) in [5.41, 5.74) is 0. The molecular weight excluding hydrogens is 1210 g/mol. The molecule has 0 saturated carbocycles. The fraction of sp³-hybridized carbons (Fsp3) is 0.920. The molecule has 10 nitrogen and oxygen atoms in total. The SMILES string of the molecule is C=C(CC(C)C(=C)OCC(CCCCCC)CCCCCCCC)OCC(CCCCCC)CCCCCCCC.CCCC(C)=O.CCCCCCCCC(CCCCCC)COC(=O)CC(C(=O)OCC(CCCCCC)CCCCCCCC)N(CCC)CCO.CCCO. The Hall–Kier alpha value is -2.43. The summed E-state index contributed by atoms with van der Waals surface area (Å²) in [6.07, 6.45) is 65.9. The van der Waals surface area contributed by atoms with E-state index in [1.165, 1.54) is 283 Å². The summed E-state index contributed by atoms with van der Waals surface area (Å²) in [6.45, 7) is 40.3. The van der Waals surface area contributed by atoms with Crippen LogP contribution in [0.4, 0.5) is 0 Å². The minimum absolute atomic E-state index is 0.0169. The van der Waals surface area contributed by atoms with Crippen molar-refractivity contribution in [3.63, 3.8) is 0 Å². The van der Waals surface area contributed by atoms with Gasteiger partial charge in [-0.15, -0.1) is 0 Å². The number of ether oxygens (including phenoxy) is 4. The number of nitrogens with zero attached hydrogens (tertiary/aromatic N) is 1. The molecule has 0 aliphatic heterocycles. The van der Waals surface area contributed by atoms with Gasteiger partial charge in [-0.05, 0) is 108 Å². The van der Waals surface area contributed by atoms with Crippen molar-refractivity contribution in [2.75, 3.05) is 52.7 Å². The van der Waals surface area contributed by atoms with Crippen molar-refractivity contribution in [1.29, 1.82) is 0 Å². The number of hydrogen-bond acceptors (Lipinski definition) is 10. The largest absolute Gasteiger partial charge is 0.498 e. The molecule has 586 valence electrons. The molecule has 0 spiro atoms. The van der Waals surface area contributed by atoms with Gasteiger partial charge in [0.15, 0.2) is 0 Å². The zero-order valence-electron chi connectivity index (χ0n) is 68.4. The lowest BCUT2D eigenvalue weighted by Crippen LogP contribution is -2.46. The zero-order chi connectivity index (χ0) is 73.6. The summed E-state index contributed by atoms with van der Waals surface area (Å²) in [6, 6.07) is -0.717.